The molecule has 0 radical (unpaired) electrons. The number of carbonyl (C=O) groups is 2. The van der Waals surface area contributed by atoms with Crippen molar-refractivity contribution in [2.24, 2.45) is 5.73 Å². The van der Waals surface area contributed by atoms with Crippen LogP contribution in [0.15, 0.2) is 97.2 Å². The molecule has 0 bridgehead atoms. The maximum absolute atomic E-state index is 12.7. The van der Waals surface area contributed by atoms with Crippen molar-refractivity contribution in [1.82, 2.24) is 0 Å². The molecule has 0 aliphatic carbocycles. The molecule has 456 valence electrons. The molecule has 0 aliphatic rings. The molecule has 0 saturated heterocycles. The van der Waals surface area contributed by atoms with Crippen LogP contribution in [-0.2, 0) is 32.7 Å². The first-order chi connectivity index (χ1) is 38.8. The van der Waals surface area contributed by atoms with Crippen molar-refractivity contribution in [2.75, 3.05) is 26.4 Å². The Morgan fingerprint density at radius 3 is 1.05 bits per heavy atom. The normalized spacial score (nSPS) is 13.6. The van der Waals surface area contributed by atoms with E-state index in [1.54, 1.807) is 0 Å². The predicted molar refractivity (Wildman–Crippen MR) is 339 cm³/mol. The van der Waals surface area contributed by atoms with E-state index in [2.05, 4.69) is 111 Å². The van der Waals surface area contributed by atoms with Gasteiger partial charge in [0.1, 0.15) is 6.61 Å². The fourth-order valence-electron chi connectivity index (χ4n) is 9.14. The van der Waals surface area contributed by atoms with E-state index in [9.17, 15) is 19.0 Å². The van der Waals surface area contributed by atoms with Crippen LogP contribution >= 0.6 is 7.82 Å². The van der Waals surface area contributed by atoms with Crippen molar-refractivity contribution in [3.8, 4) is 0 Å². The summed E-state index contributed by atoms with van der Waals surface area (Å²) < 4.78 is 33.1. The molecular formula is C69H122NO8P. The predicted octanol–water partition coefficient (Wildman–Crippen LogP) is 21.2. The Hall–Kier alpha value is -3.07. The fraction of sp³-hybridized carbons (Fsp3) is 0.739. The summed E-state index contributed by atoms with van der Waals surface area (Å²) in [5, 5.41) is 0. The van der Waals surface area contributed by atoms with E-state index in [4.69, 9.17) is 24.3 Å². The fourth-order valence-corrected chi connectivity index (χ4v) is 9.91. The molecule has 2 unspecified atom stereocenters. The molecule has 0 spiro atoms. The molecule has 0 saturated carbocycles. The van der Waals surface area contributed by atoms with Gasteiger partial charge in [-0.25, -0.2) is 4.57 Å². The number of carbonyl (C=O) groups excluding carboxylic acids is 2. The molecule has 0 aromatic heterocycles. The van der Waals surface area contributed by atoms with Gasteiger partial charge < -0.3 is 20.1 Å². The lowest BCUT2D eigenvalue weighted by atomic mass is 10.0. The molecule has 0 aliphatic heterocycles. The maximum atomic E-state index is 12.7. The summed E-state index contributed by atoms with van der Waals surface area (Å²) in [6, 6.07) is 0. The summed E-state index contributed by atoms with van der Waals surface area (Å²) in [5.41, 5.74) is 5.39. The van der Waals surface area contributed by atoms with Crippen LogP contribution < -0.4 is 5.73 Å². The number of unbranched alkanes of at least 4 members (excludes halogenated alkanes) is 32. The van der Waals surface area contributed by atoms with Crippen LogP contribution in [0.25, 0.3) is 0 Å². The van der Waals surface area contributed by atoms with Crippen molar-refractivity contribution in [3.05, 3.63) is 97.2 Å². The summed E-state index contributed by atoms with van der Waals surface area (Å²) >= 11 is 0. The molecule has 0 rings (SSSR count). The molecule has 2 atom stereocenters. The van der Waals surface area contributed by atoms with E-state index in [0.29, 0.717) is 6.42 Å². The van der Waals surface area contributed by atoms with Gasteiger partial charge >= 0.3 is 19.8 Å². The first-order valence-corrected chi connectivity index (χ1v) is 34.2. The van der Waals surface area contributed by atoms with Crippen molar-refractivity contribution in [2.45, 2.75) is 302 Å². The summed E-state index contributed by atoms with van der Waals surface area (Å²) in [4.78, 5) is 35.3. The first-order valence-electron chi connectivity index (χ1n) is 32.7. The van der Waals surface area contributed by atoms with E-state index in [0.717, 1.165) is 89.9 Å². The van der Waals surface area contributed by atoms with Gasteiger partial charge in [0, 0.05) is 19.4 Å². The third-order valence-corrected chi connectivity index (χ3v) is 14.9. The molecular weight excluding hydrogens is 1000 g/mol. The SMILES string of the molecule is CC/C=C\C/C=C\C/C=C\C/C=C\C/C=C\C/C=C\C/C=C\CCCCCCCCCCCCCC(=O)OC(COC(=O)CCCCCCCCCCCCCCC/C=C\CCCCCCCCCC)COP(=O)(O)OCCN. The Balaban J connectivity index is 3.94. The smallest absolute Gasteiger partial charge is 0.462 e. The van der Waals surface area contributed by atoms with Gasteiger partial charge in [0.15, 0.2) is 6.10 Å². The Bertz CT molecular complexity index is 1610. The van der Waals surface area contributed by atoms with Gasteiger partial charge in [-0.3, -0.25) is 18.6 Å². The van der Waals surface area contributed by atoms with Crippen LogP contribution in [0.3, 0.4) is 0 Å². The van der Waals surface area contributed by atoms with Crippen LogP contribution in [0.5, 0.6) is 0 Å². The second kappa shape index (κ2) is 64.1. The first kappa shape index (κ1) is 75.9. The minimum atomic E-state index is -4.40. The number of rotatable bonds is 61. The molecule has 0 aromatic carbocycles. The summed E-state index contributed by atoms with van der Waals surface area (Å²) in [5.74, 6) is -0.826. The largest absolute Gasteiger partial charge is 0.472 e. The van der Waals surface area contributed by atoms with E-state index >= 15 is 0 Å². The number of ether oxygens (including phenoxy) is 2. The highest BCUT2D eigenvalue weighted by atomic mass is 31.2. The van der Waals surface area contributed by atoms with Crippen molar-refractivity contribution >= 4 is 19.8 Å². The van der Waals surface area contributed by atoms with Crippen LogP contribution in [0.1, 0.15) is 296 Å². The number of nitrogens with two attached hydrogens (primary N) is 1. The van der Waals surface area contributed by atoms with Crippen LogP contribution in [-0.4, -0.2) is 49.3 Å². The second-order valence-corrected chi connectivity index (χ2v) is 23.1. The average molecular weight is 1120 g/mol. The Morgan fingerprint density at radius 1 is 0.392 bits per heavy atom. The maximum Gasteiger partial charge on any atom is 0.472 e. The highest BCUT2D eigenvalue weighted by Gasteiger charge is 2.26. The number of phosphoric ester groups is 1. The van der Waals surface area contributed by atoms with Crippen molar-refractivity contribution in [3.63, 3.8) is 0 Å². The third kappa shape index (κ3) is 64.0. The van der Waals surface area contributed by atoms with Crippen molar-refractivity contribution in [1.29, 1.82) is 0 Å². The van der Waals surface area contributed by atoms with Gasteiger partial charge in [-0.2, -0.15) is 0 Å². The molecule has 0 fully saturated rings. The Labute approximate surface area is 486 Å². The molecule has 9 nitrogen and oxygen atoms in total. The number of hydrogen-bond acceptors (Lipinski definition) is 8. The van der Waals surface area contributed by atoms with Gasteiger partial charge in [-0.05, 0) is 96.3 Å². The molecule has 79 heavy (non-hydrogen) atoms. The standard InChI is InChI=1S/C69H122NO8P/c1-3-5-7-9-11-13-15-17-19-21-23-25-27-29-30-31-32-33-34-35-36-38-40-42-44-46-48-50-52-54-56-58-60-62-69(72)78-67(66-77-79(73,74)76-64-63-70)65-75-68(71)61-59-57-55-53-51-49-47-45-43-41-39-37-28-26-24-22-20-18-16-14-12-10-8-6-4-2/h5,7,11,13,17,19,22-25,29-30,32-33,35-36,67H,3-4,6,8-10,12,14-16,18,20-21,26-28,31,34,37-66,70H2,1-2H3,(H,73,74)/b7-5-,13-11-,19-17-,24-22-,25-23-,30-29-,33-32-,36-35-. The zero-order valence-electron chi connectivity index (χ0n) is 51.1. The van der Waals surface area contributed by atoms with E-state index < -0.39 is 26.5 Å². The summed E-state index contributed by atoms with van der Waals surface area (Å²) in [6.45, 7) is 3.65. The summed E-state index contributed by atoms with van der Waals surface area (Å²) in [6.07, 6.45) is 86.2. The van der Waals surface area contributed by atoms with Gasteiger partial charge in [-0.1, -0.05) is 284 Å². The van der Waals surface area contributed by atoms with Crippen molar-refractivity contribution < 1.29 is 37.6 Å². The lowest BCUT2D eigenvalue weighted by molar-refractivity contribution is -0.161. The lowest BCUT2D eigenvalue weighted by Crippen LogP contribution is -2.29. The van der Waals surface area contributed by atoms with E-state index in [1.807, 2.05) is 0 Å². The molecule has 0 amide bonds. The number of allylic oxidation sites excluding steroid dienone is 16. The van der Waals surface area contributed by atoms with Crippen LogP contribution in [0.4, 0.5) is 0 Å². The van der Waals surface area contributed by atoms with Gasteiger partial charge in [0.2, 0.25) is 0 Å². The van der Waals surface area contributed by atoms with Gasteiger partial charge in [-0.15, -0.1) is 0 Å². The van der Waals surface area contributed by atoms with Crippen LogP contribution in [0, 0.1) is 0 Å². The topological polar surface area (TPSA) is 134 Å². The van der Waals surface area contributed by atoms with E-state index in [1.165, 1.54) is 173 Å². The van der Waals surface area contributed by atoms with Gasteiger partial charge in [0.05, 0.1) is 13.2 Å². The molecule has 0 aromatic rings. The molecule has 10 heteroatoms. The quantitative estimate of drug-likeness (QED) is 0.0264. The highest BCUT2D eigenvalue weighted by Crippen LogP contribution is 2.43. The zero-order chi connectivity index (χ0) is 57.3. The lowest BCUT2D eigenvalue weighted by Gasteiger charge is -2.19. The van der Waals surface area contributed by atoms with Gasteiger partial charge in [0.25, 0.3) is 0 Å². The summed E-state index contributed by atoms with van der Waals surface area (Å²) in [7, 11) is -4.40. The second-order valence-electron chi connectivity index (χ2n) is 21.6. The average Bonchev–Trinajstić information content (AvgIpc) is 3.44. The Kier molecular flexibility index (Phi) is 61.6. The molecule has 0 heterocycles. The number of phosphoric acid groups is 1. The number of hydrogen-bond donors (Lipinski definition) is 2. The minimum absolute atomic E-state index is 0.0500. The van der Waals surface area contributed by atoms with E-state index in [-0.39, 0.29) is 38.6 Å². The zero-order valence-corrected chi connectivity index (χ0v) is 52.0. The Morgan fingerprint density at radius 2 is 0.696 bits per heavy atom. The monoisotopic (exact) mass is 1120 g/mol. The molecule has 3 N–H and O–H groups in total. The highest BCUT2D eigenvalue weighted by molar-refractivity contribution is 7.47. The van der Waals surface area contributed by atoms with Crippen LogP contribution in [0.2, 0.25) is 0 Å². The number of esters is 2. The minimum Gasteiger partial charge on any atom is -0.462 e. The third-order valence-electron chi connectivity index (χ3n) is 14.0.